The first-order valence-corrected chi connectivity index (χ1v) is 9.90. The van der Waals surface area contributed by atoms with Crippen LogP contribution in [0.4, 0.5) is 0 Å². The van der Waals surface area contributed by atoms with Crippen LogP contribution in [0.1, 0.15) is 51.9 Å². The second-order valence-electron chi connectivity index (χ2n) is 8.55. The zero-order valence-corrected chi connectivity index (χ0v) is 17.9. The van der Waals surface area contributed by atoms with Crippen LogP contribution in [0.2, 0.25) is 0 Å². The highest BCUT2D eigenvalue weighted by Gasteiger charge is 2.34. The van der Waals surface area contributed by atoms with Gasteiger partial charge in [0.15, 0.2) is 0 Å². The zero-order valence-electron chi connectivity index (χ0n) is 16.2. The highest BCUT2D eigenvalue weighted by Crippen LogP contribution is 2.33. The van der Waals surface area contributed by atoms with E-state index in [0.29, 0.717) is 29.8 Å². The third-order valence-electron chi connectivity index (χ3n) is 6.22. The predicted molar refractivity (Wildman–Crippen MR) is 110 cm³/mol. The minimum Gasteiger partial charge on any atom is -0.392 e. The Morgan fingerprint density at radius 2 is 1.69 bits per heavy atom. The fourth-order valence-corrected chi connectivity index (χ4v) is 4.96. The number of likely N-dealkylation sites (tertiary alicyclic amines) is 1. The van der Waals surface area contributed by atoms with Gasteiger partial charge in [-0.3, -0.25) is 4.79 Å². The van der Waals surface area contributed by atoms with Gasteiger partial charge in [0.05, 0.1) is 6.10 Å². The topological polar surface area (TPSA) is 55.8 Å². The maximum atomic E-state index is 12.6. The molecule has 2 bridgehead atoms. The Kier molecular flexibility index (Phi) is 10.2. The van der Waals surface area contributed by atoms with Gasteiger partial charge < -0.3 is 20.2 Å². The van der Waals surface area contributed by atoms with Crippen LogP contribution >= 0.6 is 24.8 Å². The van der Waals surface area contributed by atoms with E-state index in [1.807, 2.05) is 18.9 Å². The molecular weight excluding hydrogens is 373 g/mol. The fourth-order valence-electron chi connectivity index (χ4n) is 4.96. The molecule has 0 aliphatic carbocycles. The lowest BCUT2D eigenvalue weighted by molar-refractivity contribution is -0.132. The summed E-state index contributed by atoms with van der Waals surface area (Å²) < 4.78 is 0. The van der Waals surface area contributed by atoms with Crippen LogP contribution in [-0.4, -0.2) is 72.2 Å². The average Bonchev–Trinajstić information content (AvgIpc) is 2.87. The van der Waals surface area contributed by atoms with Crippen molar-refractivity contribution in [3.8, 4) is 0 Å². The number of hydrogen-bond acceptors (Lipinski definition) is 4. The normalized spacial score (nSPS) is 30.2. The summed E-state index contributed by atoms with van der Waals surface area (Å²) in [5, 5.41) is 13.1. The van der Waals surface area contributed by atoms with Crippen LogP contribution in [0.15, 0.2) is 0 Å². The molecular formula is C19H37Cl2N3O2. The molecule has 3 fully saturated rings. The molecule has 0 saturated carbocycles. The Bertz CT molecular complexity index is 419. The largest absolute Gasteiger partial charge is 0.392 e. The van der Waals surface area contributed by atoms with Gasteiger partial charge in [0.2, 0.25) is 5.91 Å². The van der Waals surface area contributed by atoms with Crippen LogP contribution in [0.3, 0.4) is 0 Å². The van der Waals surface area contributed by atoms with Crippen molar-refractivity contribution < 1.29 is 9.90 Å². The molecule has 0 aromatic rings. The fraction of sp³-hybridized carbons (Fsp3) is 0.947. The molecule has 26 heavy (non-hydrogen) atoms. The van der Waals surface area contributed by atoms with Gasteiger partial charge in [-0.2, -0.15) is 0 Å². The number of halogens is 2. The number of carbonyl (C=O) groups excluding carboxylic acids is 1. The minimum atomic E-state index is -0.244. The van der Waals surface area contributed by atoms with E-state index in [4.69, 9.17) is 0 Å². The number of piperidine rings is 2. The number of amides is 1. The molecule has 5 nitrogen and oxygen atoms in total. The lowest BCUT2D eigenvalue weighted by atomic mass is 9.89. The highest BCUT2D eigenvalue weighted by atomic mass is 35.5. The number of nitrogens with zero attached hydrogens (tertiary/aromatic N) is 2. The van der Waals surface area contributed by atoms with Crippen molar-refractivity contribution in [2.75, 3.05) is 33.2 Å². The number of aliphatic hydroxyl groups excluding tert-OH is 1. The number of fused-ring (bicyclic) bond motifs is 2. The van der Waals surface area contributed by atoms with Crippen LogP contribution in [-0.2, 0) is 4.79 Å². The van der Waals surface area contributed by atoms with Crippen molar-refractivity contribution in [2.24, 2.45) is 11.8 Å². The molecule has 0 spiro atoms. The van der Waals surface area contributed by atoms with Gasteiger partial charge in [-0.15, -0.1) is 24.8 Å². The van der Waals surface area contributed by atoms with Gasteiger partial charge in [-0.05, 0) is 70.4 Å². The van der Waals surface area contributed by atoms with Crippen molar-refractivity contribution in [1.29, 1.82) is 0 Å². The molecule has 0 aromatic heterocycles. The molecule has 3 saturated heterocycles. The Hall–Kier alpha value is -0.0700. The number of hydrogen-bond donors (Lipinski definition) is 2. The van der Waals surface area contributed by atoms with Crippen LogP contribution < -0.4 is 5.32 Å². The summed E-state index contributed by atoms with van der Waals surface area (Å²) >= 11 is 0. The summed E-state index contributed by atoms with van der Waals surface area (Å²) in [7, 11) is 1.99. The number of carbonyl (C=O) groups is 1. The van der Waals surface area contributed by atoms with E-state index >= 15 is 0 Å². The predicted octanol–water partition coefficient (Wildman–Crippen LogP) is 2.30. The molecule has 3 aliphatic rings. The van der Waals surface area contributed by atoms with Crippen molar-refractivity contribution in [1.82, 2.24) is 15.1 Å². The molecule has 3 rings (SSSR count). The SMILES string of the molecule is CC(O)CN1CCC(CN(C)C(=O)CC2CC3CCC(C2)N3)CC1.Cl.Cl. The second kappa shape index (κ2) is 11.1. The van der Waals surface area contributed by atoms with Crippen LogP contribution in [0.5, 0.6) is 0 Å². The van der Waals surface area contributed by atoms with E-state index in [2.05, 4.69) is 10.2 Å². The third-order valence-corrected chi connectivity index (χ3v) is 6.22. The van der Waals surface area contributed by atoms with Gasteiger partial charge in [-0.1, -0.05) is 0 Å². The van der Waals surface area contributed by atoms with E-state index in [0.717, 1.165) is 45.4 Å². The first-order chi connectivity index (χ1) is 11.5. The smallest absolute Gasteiger partial charge is 0.222 e. The number of rotatable bonds is 6. The summed E-state index contributed by atoms with van der Waals surface area (Å²) in [6, 6.07) is 1.34. The van der Waals surface area contributed by atoms with E-state index < -0.39 is 0 Å². The molecule has 3 atom stereocenters. The molecule has 1 amide bonds. The monoisotopic (exact) mass is 409 g/mol. The van der Waals surface area contributed by atoms with Gasteiger partial charge in [-0.25, -0.2) is 0 Å². The number of aliphatic hydroxyl groups is 1. The lowest BCUT2D eigenvalue weighted by Gasteiger charge is -2.35. The first-order valence-electron chi connectivity index (χ1n) is 9.90. The van der Waals surface area contributed by atoms with E-state index in [-0.39, 0.29) is 30.9 Å². The number of β-amino-alcohol motifs (C(OH)–C–C–N with tert-alkyl or cyclic N) is 1. The summed E-state index contributed by atoms with van der Waals surface area (Å²) in [5.74, 6) is 1.55. The molecule has 3 aliphatic heterocycles. The quantitative estimate of drug-likeness (QED) is 0.706. The van der Waals surface area contributed by atoms with Crippen LogP contribution in [0.25, 0.3) is 0 Å². The highest BCUT2D eigenvalue weighted by molar-refractivity contribution is 5.85. The molecule has 0 aromatic carbocycles. The van der Waals surface area contributed by atoms with E-state index in [1.54, 1.807) is 0 Å². The maximum Gasteiger partial charge on any atom is 0.222 e. The van der Waals surface area contributed by atoms with Gasteiger partial charge in [0.1, 0.15) is 0 Å². The Labute approximate surface area is 171 Å². The van der Waals surface area contributed by atoms with E-state index in [9.17, 15) is 9.90 Å². The van der Waals surface area contributed by atoms with Crippen molar-refractivity contribution in [3.05, 3.63) is 0 Å². The van der Waals surface area contributed by atoms with Gasteiger partial charge in [0, 0.05) is 38.6 Å². The molecule has 7 heteroatoms. The van der Waals surface area contributed by atoms with E-state index in [1.165, 1.54) is 25.7 Å². The lowest BCUT2D eigenvalue weighted by Crippen LogP contribution is -2.43. The summed E-state index contributed by atoms with van der Waals surface area (Å²) in [6.45, 7) is 5.63. The Morgan fingerprint density at radius 3 is 2.23 bits per heavy atom. The van der Waals surface area contributed by atoms with Gasteiger partial charge >= 0.3 is 0 Å². The second-order valence-corrected chi connectivity index (χ2v) is 8.55. The standard InChI is InChI=1S/C19H35N3O2.2ClH/c1-14(23)12-22-7-5-15(6-8-22)13-21(2)19(24)11-16-9-17-3-4-18(10-16)20-17;;/h14-18,20,23H,3-13H2,1-2H3;2*1H. The number of nitrogens with one attached hydrogen (secondary N) is 1. The van der Waals surface area contributed by atoms with Crippen LogP contribution in [0, 0.1) is 11.8 Å². The molecule has 3 unspecified atom stereocenters. The first kappa shape index (κ1) is 24.0. The summed E-state index contributed by atoms with van der Waals surface area (Å²) in [4.78, 5) is 16.9. The van der Waals surface area contributed by atoms with Crippen molar-refractivity contribution in [2.45, 2.75) is 70.1 Å². The Morgan fingerprint density at radius 1 is 1.12 bits per heavy atom. The summed E-state index contributed by atoms with van der Waals surface area (Å²) in [6.07, 6.45) is 7.76. The molecule has 0 radical (unpaired) electrons. The molecule has 2 N–H and O–H groups in total. The summed E-state index contributed by atoms with van der Waals surface area (Å²) in [5.41, 5.74) is 0. The zero-order chi connectivity index (χ0) is 17.1. The third kappa shape index (κ3) is 6.83. The van der Waals surface area contributed by atoms with Gasteiger partial charge in [0.25, 0.3) is 0 Å². The van der Waals surface area contributed by atoms with Crippen molar-refractivity contribution >= 4 is 30.7 Å². The Balaban J connectivity index is 0.00000169. The average molecular weight is 410 g/mol. The van der Waals surface area contributed by atoms with Crippen molar-refractivity contribution in [3.63, 3.8) is 0 Å². The minimum absolute atomic E-state index is 0. The molecule has 154 valence electrons. The molecule has 3 heterocycles. The maximum absolute atomic E-state index is 12.6.